The summed E-state index contributed by atoms with van der Waals surface area (Å²) in [6, 6.07) is 0. The van der Waals surface area contributed by atoms with Crippen LogP contribution in [0.3, 0.4) is 0 Å². The van der Waals surface area contributed by atoms with Gasteiger partial charge in [-0.3, -0.25) is 4.79 Å². The van der Waals surface area contributed by atoms with Crippen LogP contribution in [0.1, 0.15) is 110 Å². The van der Waals surface area contributed by atoms with E-state index in [4.69, 9.17) is 4.74 Å². The number of allylic oxidation sites excluding steroid dienone is 4. The van der Waals surface area contributed by atoms with Crippen LogP contribution in [0.2, 0.25) is 0 Å². The third-order valence-corrected chi connectivity index (χ3v) is 4.37. The van der Waals surface area contributed by atoms with Crippen molar-refractivity contribution in [2.45, 2.75) is 110 Å². The summed E-state index contributed by atoms with van der Waals surface area (Å²) in [5.41, 5.74) is 0. The summed E-state index contributed by atoms with van der Waals surface area (Å²) in [5, 5.41) is 0. The van der Waals surface area contributed by atoms with Crippen molar-refractivity contribution in [1.29, 1.82) is 0 Å². The van der Waals surface area contributed by atoms with Gasteiger partial charge in [0.15, 0.2) is 0 Å². The van der Waals surface area contributed by atoms with Crippen molar-refractivity contribution in [1.82, 2.24) is 0 Å². The second-order valence-electron chi connectivity index (χ2n) is 6.98. The molecule has 0 rings (SSSR count). The molecule has 0 aliphatic heterocycles. The zero-order valence-corrected chi connectivity index (χ0v) is 17.9. The van der Waals surface area contributed by atoms with Crippen molar-refractivity contribution in [3.63, 3.8) is 0 Å². The standard InChI is InChI=1S/C25H42O2/c1-3-5-6-7-8-9-10-11-12-13-14-15-16-17-18-19-20-21-22-23-24-25(26)27-4-2/h17-18,21-22H,3-12,15-16,19-20,23-24H2,1-2H3/b18-17+,22-21+. The van der Waals surface area contributed by atoms with Crippen molar-refractivity contribution in [2.24, 2.45) is 0 Å². The van der Waals surface area contributed by atoms with E-state index in [0.29, 0.717) is 13.0 Å². The lowest BCUT2D eigenvalue weighted by atomic mass is 10.1. The van der Waals surface area contributed by atoms with Gasteiger partial charge in [0.1, 0.15) is 0 Å². The van der Waals surface area contributed by atoms with Crippen molar-refractivity contribution in [3.8, 4) is 11.8 Å². The molecule has 0 N–H and O–H groups in total. The smallest absolute Gasteiger partial charge is 0.306 e. The number of carbonyl (C=O) groups is 1. The van der Waals surface area contributed by atoms with Crippen molar-refractivity contribution in [2.75, 3.05) is 6.61 Å². The molecule has 0 aliphatic rings. The molecule has 0 amide bonds. The summed E-state index contributed by atoms with van der Waals surface area (Å²) >= 11 is 0. The molecule has 0 saturated heterocycles. The highest BCUT2D eigenvalue weighted by Crippen LogP contribution is 2.09. The number of esters is 1. The van der Waals surface area contributed by atoms with Gasteiger partial charge in [-0.25, -0.2) is 0 Å². The summed E-state index contributed by atoms with van der Waals surface area (Å²) in [6.07, 6.45) is 26.1. The Morgan fingerprint density at radius 3 is 1.93 bits per heavy atom. The minimum Gasteiger partial charge on any atom is -0.466 e. The highest BCUT2D eigenvalue weighted by atomic mass is 16.5. The van der Waals surface area contributed by atoms with E-state index in [1.54, 1.807) is 0 Å². The lowest BCUT2D eigenvalue weighted by Crippen LogP contribution is -2.02. The van der Waals surface area contributed by atoms with E-state index >= 15 is 0 Å². The minimum absolute atomic E-state index is 0.106. The Kier molecular flexibility index (Phi) is 21.3. The summed E-state index contributed by atoms with van der Waals surface area (Å²) in [6.45, 7) is 4.57. The van der Waals surface area contributed by atoms with Gasteiger partial charge in [0, 0.05) is 19.3 Å². The lowest BCUT2D eigenvalue weighted by molar-refractivity contribution is -0.143. The molecule has 2 nitrogen and oxygen atoms in total. The van der Waals surface area contributed by atoms with Crippen LogP contribution in [0.5, 0.6) is 0 Å². The second kappa shape index (κ2) is 22.6. The molecule has 2 heteroatoms. The van der Waals surface area contributed by atoms with Gasteiger partial charge in [0.25, 0.3) is 0 Å². The number of rotatable bonds is 17. The SMILES string of the molecule is CCCCCCCCCCC#CCC/C=C/CC/C=C/CCC(=O)OCC. The number of unbranched alkanes of at least 4 members (excludes halogenated alkanes) is 10. The zero-order valence-electron chi connectivity index (χ0n) is 17.9. The fourth-order valence-corrected chi connectivity index (χ4v) is 2.78. The van der Waals surface area contributed by atoms with Crippen LogP contribution in [0.15, 0.2) is 24.3 Å². The summed E-state index contributed by atoms with van der Waals surface area (Å²) in [5.74, 6) is 6.49. The molecule has 0 aromatic heterocycles. The molecule has 0 unspecified atom stereocenters. The Morgan fingerprint density at radius 2 is 1.26 bits per heavy atom. The van der Waals surface area contributed by atoms with Crippen molar-refractivity contribution < 1.29 is 9.53 Å². The molecular weight excluding hydrogens is 332 g/mol. The van der Waals surface area contributed by atoms with Gasteiger partial charge in [-0.05, 0) is 39.0 Å². The minimum atomic E-state index is -0.106. The molecule has 0 bridgehead atoms. The van der Waals surface area contributed by atoms with Crippen LogP contribution >= 0.6 is 0 Å². The molecule has 0 aromatic carbocycles. The average molecular weight is 375 g/mol. The Bertz CT molecular complexity index is 437. The Balaban J connectivity index is 3.33. The normalized spacial score (nSPS) is 11.0. The first-order chi connectivity index (χ1) is 13.3. The van der Waals surface area contributed by atoms with E-state index in [0.717, 1.165) is 38.5 Å². The highest BCUT2D eigenvalue weighted by molar-refractivity contribution is 5.69. The van der Waals surface area contributed by atoms with Crippen LogP contribution < -0.4 is 0 Å². The predicted molar refractivity (Wildman–Crippen MR) is 118 cm³/mol. The molecule has 0 saturated carbocycles. The number of ether oxygens (including phenoxy) is 1. The molecule has 27 heavy (non-hydrogen) atoms. The third-order valence-electron chi connectivity index (χ3n) is 4.37. The van der Waals surface area contributed by atoms with Crippen LogP contribution in [-0.2, 0) is 9.53 Å². The van der Waals surface area contributed by atoms with E-state index in [1.165, 1.54) is 51.4 Å². The Morgan fingerprint density at radius 1 is 0.704 bits per heavy atom. The number of carbonyl (C=O) groups excluding carboxylic acids is 1. The second-order valence-corrected chi connectivity index (χ2v) is 6.98. The van der Waals surface area contributed by atoms with Gasteiger partial charge in [-0.1, -0.05) is 76.2 Å². The van der Waals surface area contributed by atoms with Crippen molar-refractivity contribution >= 4 is 5.97 Å². The molecule has 0 aromatic rings. The molecule has 0 heterocycles. The maximum Gasteiger partial charge on any atom is 0.306 e. The zero-order chi connectivity index (χ0) is 19.8. The quantitative estimate of drug-likeness (QED) is 0.114. The Labute approximate surface area is 168 Å². The average Bonchev–Trinajstić information content (AvgIpc) is 2.66. The predicted octanol–water partition coefficient (Wildman–Crippen LogP) is 7.54. The van der Waals surface area contributed by atoms with Gasteiger partial charge >= 0.3 is 5.97 Å². The first-order valence-electron chi connectivity index (χ1n) is 11.2. The molecular formula is C25H42O2. The van der Waals surface area contributed by atoms with Crippen LogP contribution in [0, 0.1) is 11.8 Å². The first-order valence-corrected chi connectivity index (χ1v) is 11.2. The number of hydrogen-bond donors (Lipinski definition) is 0. The molecule has 0 aliphatic carbocycles. The van der Waals surface area contributed by atoms with Crippen LogP contribution in [0.4, 0.5) is 0 Å². The molecule has 154 valence electrons. The Hall–Kier alpha value is -1.49. The molecule has 0 spiro atoms. The first kappa shape index (κ1) is 25.5. The lowest BCUT2D eigenvalue weighted by Gasteiger charge is -1.99. The van der Waals surface area contributed by atoms with E-state index in [-0.39, 0.29) is 5.97 Å². The molecule has 0 fully saturated rings. The fourth-order valence-electron chi connectivity index (χ4n) is 2.78. The third kappa shape index (κ3) is 22.5. The monoisotopic (exact) mass is 374 g/mol. The topological polar surface area (TPSA) is 26.3 Å². The van der Waals surface area contributed by atoms with E-state index < -0.39 is 0 Å². The fraction of sp³-hybridized carbons (Fsp3) is 0.720. The summed E-state index contributed by atoms with van der Waals surface area (Å²) in [7, 11) is 0. The van der Waals surface area contributed by atoms with Crippen LogP contribution in [0.25, 0.3) is 0 Å². The van der Waals surface area contributed by atoms with E-state index in [1.807, 2.05) is 6.92 Å². The highest BCUT2D eigenvalue weighted by Gasteiger charge is 1.97. The number of hydrogen-bond acceptors (Lipinski definition) is 2. The van der Waals surface area contributed by atoms with Gasteiger partial charge in [0.05, 0.1) is 6.61 Å². The van der Waals surface area contributed by atoms with Gasteiger partial charge in [0.2, 0.25) is 0 Å². The van der Waals surface area contributed by atoms with Gasteiger partial charge in [-0.2, -0.15) is 0 Å². The van der Waals surface area contributed by atoms with E-state index in [9.17, 15) is 4.79 Å². The maximum atomic E-state index is 11.2. The summed E-state index contributed by atoms with van der Waals surface area (Å²) in [4.78, 5) is 11.2. The van der Waals surface area contributed by atoms with Crippen molar-refractivity contribution in [3.05, 3.63) is 24.3 Å². The van der Waals surface area contributed by atoms with Crippen LogP contribution in [-0.4, -0.2) is 12.6 Å². The van der Waals surface area contributed by atoms with Gasteiger partial charge < -0.3 is 4.74 Å². The van der Waals surface area contributed by atoms with E-state index in [2.05, 4.69) is 43.1 Å². The van der Waals surface area contributed by atoms with Gasteiger partial charge in [-0.15, -0.1) is 11.8 Å². The molecule has 0 atom stereocenters. The molecule has 0 radical (unpaired) electrons. The maximum absolute atomic E-state index is 11.2. The summed E-state index contributed by atoms with van der Waals surface area (Å²) < 4.78 is 4.89. The largest absolute Gasteiger partial charge is 0.466 e.